The number of rotatable bonds is 7. The largest absolute Gasteiger partial charge is 0.487 e. The molecule has 2 aromatic rings. The maximum Gasteiger partial charge on any atom is 0.128 e. The van der Waals surface area contributed by atoms with Gasteiger partial charge >= 0.3 is 0 Å². The Hall–Kier alpha value is -1.79. The van der Waals surface area contributed by atoms with E-state index in [1.54, 1.807) is 12.1 Å². The molecule has 174 valence electrons. The topological polar surface area (TPSA) is 84.9 Å². The second-order valence-corrected chi connectivity index (χ2v) is 13.5. The third-order valence-electron chi connectivity index (χ3n) is 6.55. The van der Waals surface area contributed by atoms with Gasteiger partial charge in [0.1, 0.15) is 53.8 Å². The fraction of sp³-hybridized carbons (Fsp3) is 0.500. The van der Waals surface area contributed by atoms with Crippen molar-refractivity contribution in [2.75, 3.05) is 25.3 Å². The smallest absolute Gasteiger partial charge is 0.128 e. The first kappa shape index (κ1) is 23.4. The van der Waals surface area contributed by atoms with Crippen LogP contribution in [0.2, 0.25) is 0 Å². The Morgan fingerprint density at radius 2 is 1.34 bits per heavy atom. The summed E-state index contributed by atoms with van der Waals surface area (Å²) < 4.78 is 38.8. The molecule has 2 heterocycles. The first-order chi connectivity index (χ1) is 15.3. The van der Waals surface area contributed by atoms with Gasteiger partial charge in [-0.05, 0) is 73.2 Å². The van der Waals surface area contributed by atoms with Crippen LogP contribution < -0.4 is 15.2 Å². The van der Waals surface area contributed by atoms with Crippen molar-refractivity contribution in [2.24, 2.45) is 5.73 Å². The molecule has 4 atom stereocenters. The highest BCUT2D eigenvalue weighted by atomic mass is 31.2. The third kappa shape index (κ3) is 5.23. The monoisotopic (exact) mass is 466 g/mol. The van der Waals surface area contributed by atoms with E-state index in [9.17, 15) is 19.0 Å². The van der Waals surface area contributed by atoms with Crippen LogP contribution in [0, 0.1) is 11.6 Å². The molecule has 0 amide bonds. The maximum atomic E-state index is 13.4. The minimum absolute atomic E-state index is 0.292. The number of aliphatic hydroxyl groups is 2. The first-order valence-electron chi connectivity index (χ1n) is 11.1. The quantitative estimate of drug-likeness (QED) is 0.545. The normalized spacial score (nSPS) is 23.7. The Morgan fingerprint density at radius 3 is 1.75 bits per heavy atom. The average Bonchev–Trinajstić information content (AvgIpc) is 2.78. The molecule has 0 fully saturated rings. The number of hydrogen-bond acceptors (Lipinski definition) is 5. The summed E-state index contributed by atoms with van der Waals surface area (Å²) in [5, 5.41) is 21.8. The molecule has 5 nitrogen and oxygen atoms in total. The van der Waals surface area contributed by atoms with Crippen LogP contribution in [0.15, 0.2) is 36.4 Å². The van der Waals surface area contributed by atoms with Crippen LogP contribution in [0.3, 0.4) is 0 Å². The molecule has 2 aliphatic heterocycles. The molecular formula is C24H31F2NO4P+. The number of aliphatic hydroxyl groups excluding tert-OH is 2. The molecule has 4 N–H and O–H groups in total. The highest BCUT2D eigenvalue weighted by Crippen LogP contribution is 2.55. The Balaban J connectivity index is 1.37. The van der Waals surface area contributed by atoms with E-state index in [0.717, 1.165) is 11.1 Å². The van der Waals surface area contributed by atoms with Gasteiger partial charge in [-0.3, -0.25) is 5.73 Å². The minimum Gasteiger partial charge on any atom is -0.487 e. The van der Waals surface area contributed by atoms with Crippen molar-refractivity contribution in [2.45, 2.75) is 50.1 Å². The van der Waals surface area contributed by atoms with E-state index >= 15 is 0 Å². The molecular weight excluding hydrogens is 435 g/mol. The molecule has 0 bridgehead atoms. The van der Waals surface area contributed by atoms with E-state index in [2.05, 4.69) is 6.66 Å². The molecule has 0 aromatic heterocycles. The lowest BCUT2D eigenvalue weighted by atomic mass is 9.99. The first-order valence-corrected chi connectivity index (χ1v) is 13.9. The predicted octanol–water partition coefficient (Wildman–Crippen LogP) is 3.34. The van der Waals surface area contributed by atoms with Crippen LogP contribution in [-0.2, 0) is 12.8 Å². The number of halogens is 2. The van der Waals surface area contributed by atoms with E-state index in [1.165, 1.54) is 24.3 Å². The lowest BCUT2D eigenvalue weighted by molar-refractivity contribution is 0.0334. The fourth-order valence-corrected chi connectivity index (χ4v) is 7.38. The summed E-state index contributed by atoms with van der Waals surface area (Å²) in [6.07, 6.45) is 1.60. The third-order valence-corrected chi connectivity index (χ3v) is 9.95. The van der Waals surface area contributed by atoms with Crippen LogP contribution in [-0.4, -0.2) is 59.9 Å². The van der Waals surface area contributed by atoms with Crippen LogP contribution >= 0.6 is 7.26 Å². The second-order valence-electron chi connectivity index (χ2n) is 9.20. The molecule has 4 rings (SSSR count). The number of nitrogens with two attached hydrogens (primary N) is 1. The van der Waals surface area contributed by atoms with Crippen molar-refractivity contribution in [1.29, 1.82) is 0 Å². The maximum absolute atomic E-state index is 13.4. The molecule has 2 aromatic carbocycles. The number of fused-ring (bicyclic) bond motifs is 2. The van der Waals surface area contributed by atoms with Crippen LogP contribution in [0.1, 0.15) is 24.0 Å². The van der Waals surface area contributed by atoms with Gasteiger partial charge in [0.25, 0.3) is 0 Å². The zero-order valence-corrected chi connectivity index (χ0v) is 19.1. The lowest BCUT2D eigenvalue weighted by Gasteiger charge is -2.35. The van der Waals surface area contributed by atoms with Gasteiger partial charge in [-0.2, -0.15) is 0 Å². The van der Waals surface area contributed by atoms with Gasteiger partial charge in [-0.15, -0.1) is 0 Å². The zero-order chi connectivity index (χ0) is 22.9. The summed E-state index contributed by atoms with van der Waals surface area (Å²) in [7, 11) is -1.88. The predicted molar refractivity (Wildman–Crippen MR) is 122 cm³/mol. The SMILES string of the molecule is C[P+](CN)(CC(O)C1CCc2cc(F)ccc2O1)CC(O)C1CCc2cc(F)ccc2O1. The van der Waals surface area contributed by atoms with E-state index in [4.69, 9.17) is 15.2 Å². The van der Waals surface area contributed by atoms with Gasteiger partial charge in [0.15, 0.2) is 0 Å². The van der Waals surface area contributed by atoms with Gasteiger partial charge in [0.2, 0.25) is 0 Å². The molecule has 0 saturated heterocycles. The summed E-state index contributed by atoms with van der Waals surface area (Å²) >= 11 is 0. The molecule has 0 aliphatic carbocycles. The molecule has 4 unspecified atom stereocenters. The molecule has 32 heavy (non-hydrogen) atoms. The number of ether oxygens (including phenoxy) is 2. The summed E-state index contributed by atoms with van der Waals surface area (Å²) in [6.45, 7) is 2.05. The standard InChI is InChI=1S/C24H31F2NO4P/c1-32(14-27,12-19(28)23-6-2-15-10-17(25)4-8-21(15)30-23)13-20(29)24-7-3-16-11-18(26)5-9-22(16)31-24/h4-5,8-11,19-20,23-24,28-29H,2-3,6-7,12-14,27H2,1H3/q+1. The lowest BCUT2D eigenvalue weighted by Crippen LogP contribution is -2.42. The Morgan fingerprint density at radius 1 is 0.906 bits per heavy atom. The van der Waals surface area contributed by atoms with Gasteiger partial charge in [-0.25, -0.2) is 8.78 Å². The molecule has 2 aliphatic rings. The second kappa shape index (κ2) is 9.60. The van der Waals surface area contributed by atoms with Crippen molar-refractivity contribution < 1.29 is 28.5 Å². The highest BCUT2D eigenvalue weighted by molar-refractivity contribution is 7.75. The van der Waals surface area contributed by atoms with Crippen molar-refractivity contribution in [3.63, 3.8) is 0 Å². The van der Waals surface area contributed by atoms with Gasteiger partial charge < -0.3 is 19.7 Å². The highest BCUT2D eigenvalue weighted by Gasteiger charge is 2.42. The summed E-state index contributed by atoms with van der Waals surface area (Å²) in [5.74, 6) is 0.639. The number of aryl methyl sites for hydroxylation is 2. The van der Waals surface area contributed by atoms with Crippen molar-refractivity contribution >= 4 is 7.26 Å². The van der Waals surface area contributed by atoms with E-state index < -0.39 is 19.5 Å². The molecule has 0 spiro atoms. The average molecular weight is 466 g/mol. The molecule has 0 radical (unpaired) electrons. The van der Waals surface area contributed by atoms with Crippen LogP contribution in [0.4, 0.5) is 8.78 Å². The molecule has 0 saturated carbocycles. The summed E-state index contributed by atoms with van der Waals surface area (Å²) in [4.78, 5) is 0. The van der Waals surface area contributed by atoms with Gasteiger partial charge in [0, 0.05) is 7.26 Å². The van der Waals surface area contributed by atoms with Crippen molar-refractivity contribution in [1.82, 2.24) is 0 Å². The molecule has 8 heteroatoms. The Labute approximate surface area is 187 Å². The van der Waals surface area contributed by atoms with Crippen molar-refractivity contribution in [3.8, 4) is 11.5 Å². The van der Waals surface area contributed by atoms with Crippen molar-refractivity contribution in [3.05, 3.63) is 59.2 Å². The van der Waals surface area contributed by atoms with E-state index in [0.29, 0.717) is 55.8 Å². The Kier molecular flexibility index (Phi) is 7.01. The van der Waals surface area contributed by atoms with Gasteiger partial charge in [0.05, 0.1) is 19.0 Å². The summed E-state index contributed by atoms with van der Waals surface area (Å²) in [6, 6.07) is 8.88. The Bertz CT molecular complexity index is 888. The number of hydrogen-bond donors (Lipinski definition) is 3. The van der Waals surface area contributed by atoms with E-state index in [-0.39, 0.29) is 23.8 Å². The fourth-order valence-electron chi connectivity index (χ4n) is 4.66. The van der Waals surface area contributed by atoms with Crippen LogP contribution in [0.25, 0.3) is 0 Å². The zero-order valence-electron chi connectivity index (χ0n) is 18.2. The number of benzene rings is 2. The van der Waals surface area contributed by atoms with E-state index in [1.807, 2.05) is 0 Å². The summed E-state index contributed by atoms with van der Waals surface area (Å²) in [5.41, 5.74) is 7.74. The minimum atomic E-state index is -1.88. The van der Waals surface area contributed by atoms with Crippen LogP contribution in [0.5, 0.6) is 11.5 Å². The van der Waals surface area contributed by atoms with Gasteiger partial charge in [-0.1, -0.05) is 0 Å².